The molecule has 4 aliphatic carbocycles. The molecule has 0 aromatic heterocycles. The van der Waals surface area contributed by atoms with E-state index in [4.69, 9.17) is 18.9 Å². The predicted molar refractivity (Wildman–Crippen MR) is 199 cm³/mol. The van der Waals surface area contributed by atoms with Gasteiger partial charge in [0, 0.05) is 24.5 Å². The number of unbranched alkanes of at least 4 members (excludes halogenated alkanes) is 1. The molecule has 52 heavy (non-hydrogen) atoms. The zero-order valence-electron chi connectivity index (χ0n) is 30.7. The Morgan fingerprint density at radius 2 is 1.23 bits per heavy atom. The zero-order valence-corrected chi connectivity index (χ0v) is 31.5. The largest absolute Gasteiger partial charge is 0.462 e. The second-order valence-corrected chi connectivity index (χ2v) is 17.1. The fraction of sp³-hybridized carbons (Fsp3) is 0.488. The summed E-state index contributed by atoms with van der Waals surface area (Å²) in [6, 6.07) is 32.2. The maximum Gasteiger partial charge on any atom is 0.376 e. The summed E-state index contributed by atoms with van der Waals surface area (Å²) in [6.07, 6.45) is 7.14. The van der Waals surface area contributed by atoms with Gasteiger partial charge in [0.05, 0.1) is 30.7 Å². The van der Waals surface area contributed by atoms with E-state index < -0.39 is 11.9 Å². The number of ether oxygens (including phenoxy) is 4. The van der Waals surface area contributed by atoms with Crippen molar-refractivity contribution in [2.24, 2.45) is 22.7 Å². The Morgan fingerprint density at radius 3 is 1.69 bits per heavy atom. The van der Waals surface area contributed by atoms with Crippen molar-refractivity contribution in [3.8, 4) is 0 Å². The average molecular weight is 736 g/mol. The van der Waals surface area contributed by atoms with E-state index in [-0.39, 0.29) is 40.6 Å². The van der Waals surface area contributed by atoms with Crippen LogP contribution in [0.25, 0.3) is 0 Å². The topological polar surface area (TPSA) is 71.1 Å². The van der Waals surface area contributed by atoms with E-state index in [2.05, 4.69) is 97.6 Å². The molecule has 0 heterocycles. The molecule has 4 saturated carbocycles. The Bertz CT molecular complexity index is 1490. The number of rotatable bonds is 16. The third-order valence-corrected chi connectivity index (χ3v) is 12.4. The normalized spacial score (nSPS) is 23.7. The minimum atomic E-state index is -3.46. The first kappa shape index (κ1) is 39.7. The molecular weight excluding hydrogens is 683 g/mol. The molecule has 3 aromatic rings. The van der Waals surface area contributed by atoms with Crippen molar-refractivity contribution < 1.29 is 37.3 Å². The molecule has 7 rings (SSSR count). The van der Waals surface area contributed by atoms with Crippen LogP contribution in [0.3, 0.4) is 0 Å². The Kier molecular flexibility index (Phi) is 13.7. The SMILES string of the molecule is C=C(C)C(=O)OCCCCOC(C)OCC12CC3CC(CC(COC(=O)C(C)(F)F)(C3)C1)C2.c1ccc([S+](c2ccccc2)c2ccccc2)cc1. The van der Waals surface area contributed by atoms with Gasteiger partial charge in [-0.15, -0.1) is 0 Å². The van der Waals surface area contributed by atoms with Crippen molar-refractivity contribution in [2.45, 2.75) is 99.0 Å². The number of alkyl halides is 2. The molecule has 0 N–H and O–H groups in total. The molecule has 4 aliphatic rings. The molecule has 4 bridgehead atoms. The summed E-state index contributed by atoms with van der Waals surface area (Å²) in [5, 5.41) is 0. The molecule has 3 atom stereocenters. The van der Waals surface area contributed by atoms with Crippen LogP contribution in [0.5, 0.6) is 0 Å². The van der Waals surface area contributed by atoms with Gasteiger partial charge in [0.1, 0.15) is 0 Å². The quantitative estimate of drug-likeness (QED) is 0.0480. The number of carbonyl (C=O) groups excluding carboxylic acids is 2. The van der Waals surface area contributed by atoms with Crippen molar-refractivity contribution in [3.63, 3.8) is 0 Å². The number of esters is 2. The second-order valence-electron chi connectivity index (χ2n) is 15.0. The average Bonchev–Trinajstić information content (AvgIpc) is 3.12. The minimum absolute atomic E-state index is 0.000404. The fourth-order valence-corrected chi connectivity index (χ4v) is 10.6. The van der Waals surface area contributed by atoms with Crippen molar-refractivity contribution in [1.82, 2.24) is 0 Å². The Balaban J connectivity index is 0.000000231. The lowest BCUT2D eigenvalue weighted by Gasteiger charge is -2.61. The first-order chi connectivity index (χ1) is 24.9. The van der Waals surface area contributed by atoms with Crippen molar-refractivity contribution in [2.75, 3.05) is 26.4 Å². The summed E-state index contributed by atoms with van der Waals surface area (Å²) < 4.78 is 48.5. The van der Waals surface area contributed by atoms with Crippen LogP contribution in [0.2, 0.25) is 0 Å². The summed E-state index contributed by atoms with van der Waals surface area (Å²) in [4.78, 5) is 27.1. The maximum atomic E-state index is 13.3. The van der Waals surface area contributed by atoms with Crippen molar-refractivity contribution in [1.29, 1.82) is 0 Å². The minimum Gasteiger partial charge on any atom is -0.462 e. The number of carbonyl (C=O) groups is 2. The van der Waals surface area contributed by atoms with E-state index in [9.17, 15) is 18.4 Å². The van der Waals surface area contributed by atoms with Crippen LogP contribution in [0, 0.1) is 22.7 Å². The fourth-order valence-electron chi connectivity index (χ4n) is 8.49. The third-order valence-electron chi connectivity index (χ3n) is 10.2. The van der Waals surface area contributed by atoms with E-state index in [1.807, 2.05) is 6.92 Å². The molecule has 280 valence electrons. The molecule has 0 spiro atoms. The number of hydrogen-bond donors (Lipinski definition) is 0. The molecule has 0 amide bonds. The van der Waals surface area contributed by atoms with E-state index in [1.165, 1.54) is 21.1 Å². The molecule has 3 aromatic carbocycles. The standard InChI is InChI=1S/C25H38F2O6.C18H15S/c1-17(2)21(28)31-8-6-5-7-30-18(3)32-15-24-10-19-9-20(11-24)13-25(12-19,14-24)16-33-22(29)23(4,26)27;1-4-10-16(11-5-1)19(17-12-6-2-7-13-17)18-14-8-3-9-15-18/h18-20H,1,5-16H2,2-4H3;1-15H/q;+1. The summed E-state index contributed by atoms with van der Waals surface area (Å²) in [5.41, 5.74) is 0.181. The van der Waals surface area contributed by atoms with Gasteiger partial charge in [0.2, 0.25) is 0 Å². The zero-order chi connectivity index (χ0) is 37.2. The van der Waals surface area contributed by atoms with E-state index in [1.54, 1.807) is 6.92 Å². The van der Waals surface area contributed by atoms with E-state index >= 15 is 0 Å². The van der Waals surface area contributed by atoms with Gasteiger partial charge in [0.15, 0.2) is 21.0 Å². The summed E-state index contributed by atoms with van der Waals surface area (Å²) >= 11 is 0. The summed E-state index contributed by atoms with van der Waals surface area (Å²) in [5.74, 6) is -4.19. The van der Waals surface area contributed by atoms with Gasteiger partial charge in [-0.2, -0.15) is 8.78 Å². The van der Waals surface area contributed by atoms with Gasteiger partial charge in [-0.3, -0.25) is 0 Å². The highest BCUT2D eigenvalue weighted by molar-refractivity contribution is 7.97. The van der Waals surface area contributed by atoms with Crippen LogP contribution in [0.1, 0.15) is 72.1 Å². The van der Waals surface area contributed by atoms with E-state index in [0.29, 0.717) is 50.6 Å². The Morgan fingerprint density at radius 1 is 0.769 bits per heavy atom. The molecule has 0 aliphatic heterocycles. The van der Waals surface area contributed by atoms with Crippen LogP contribution < -0.4 is 0 Å². The monoisotopic (exact) mass is 735 g/mol. The Hall–Kier alpha value is -3.53. The van der Waals surface area contributed by atoms with Gasteiger partial charge < -0.3 is 18.9 Å². The highest BCUT2D eigenvalue weighted by Gasteiger charge is 2.58. The van der Waals surface area contributed by atoms with Gasteiger partial charge in [-0.25, -0.2) is 9.59 Å². The van der Waals surface area contributed by atoms with Crippen molar-refractivity contribution >= 4 is 22.8 Å². The molecule has 0 radical (unpaired) electrons. The highest BCUT2D eigenvalue weighted by atomic mass is 32.2. The maximum absolute atomic E-state index is 13.3. The van der Waals surface area contributed by atoms with Crippen LogP contribution in [-0.2, 0) is 39.4 Å². The summed E-state index contributed by atoms with van der Waals surface area (Å²) in [7, 11) is -0.0146. The number of hydrogen-bond acceptors (Lipinski definition) is 6. The van der Waals surface area contributed by atoms with E-state index in [0.717, 1.165) is 38.5 Å². The molecule has 9 heteroatoms. The molecule has 6 nitrogen and oxygen atoms in total. The first-order valence-electron chi connectivity index (χ1n) is 18.4. The van der Waals surface area contributed by atoms with Crippen molar-refractivity contribution in [3.05, 3.63) is 103 Å². The lowest BCUT2D eigenvalue weighted by molar-refractivity contribution is -0.206. The van der Waals surface area contributed by atoms with Crippen LogP contribution >= 0.6 is 0 Å². The molecule has 0 saturated heterocycles. The molecular formula is C43H53F2O6S+. The molecule has 3 unspecified atom stereocenters. The highest BCUT2D eigenvalue weighted by Crippen LogP contribution is 2.65. The van der Waals surface area contributed by atoms with Crippen LogP contribution in [-0.4, -0.2) is 50.6 Å². The third kappa shape index (κ3) is 11.0. The number of halogens is 2. The van der Waals surface area contributed by atoms with Gasteiger partial charge in [-0.1, -0.05) is 61.2 Å². The lowest BCUT2D eigenvalue weighted by atomic mass is 9.44. The van der Waals surface area contributed by atoms with Gasteiger partial charge in [-0.05, 0) is 119 Å². The predicted octanol–water partition coefficient (Wildman–Crippen LogP) is 9.83. The van der Waals surface area contributed by atoms with Crippen LogP contribution in [0.15, 0.2) is 118 Å². The van der Waals surface area contributed by atoms with Gasteiger partial charge in [0.25, 0.3) is 0 Å². The molecule has 4 fully saturated rings. The summed E-state index contributed by atoms with van der Waals surface area (Å²) in [6.45, 7) is 9.11. The number of benzene rings is 3. The lowest BCUT2D eigenvalue weighted by Crippen LogP contribution is -2.55. The Labute approximate surface area is 310 Å². The van der Waals surface area contributed by atoms with Gasteiger partial charge >= 0.3 is 17.9 Å². The first-order valence-corrected chi connectivity index (χ1v) is 19.6. The van der Waals surface area contributed by atoms with Crippen LogP contribution in [0.4, 0.5) is 8.78 Å². The second kappa shape index (κ2) is 18.0. The smallest absolute Gasteiger partial charge is 0.376 e.